The van der Waals surface area contributed by atoms with E-state index in [0.29, 0.717) is 6.42 Å². The van der Waals surface area contributed by atoms with Crippen LogP contribution in [-0.4, -0.2) is 43.6 Å². The lowest BCUT2D eigenvalue weighted by Gasteiger charge is -2.19. The van der Waals surface area contributed by atoms with Crippen LogP contribution in [0.5, 0.6) is 5.75 Å². The van der Waals surface area contributed by atoms with E-state index in [2.05, 4.69) is 0 Å². The number of hydrogen-bond acceptors (Lipinski definition) is 5. The van der Waals surface area contributed by atoms with Gasteiger partial charge in [0.25, 0.3) is 0 Å². The summed E-state index contributed by atoms with van der Waals surface area (Å²) < 4.78 is 44.4. The highest BCUT2D eigenvalue weighted by molar-refractivity contribution is 7.89. The Morgan fingerprint density at radius 2 is 2.15 bits per heavy atom. The molecule has 3 N–H and O–H groups in total. The molecule has 1 heterocycles. The van der Waals surface area contributed by atoms with Crippen molar-refractivity contribution in [2.24, 2.45) is 0 Å². The third kappa shape index (κ3) is 2.58. The summed E-state index contributed by atoms with van der Waals surface area (Å²) in [6.07, 6.45) is 0.334. The topological polar surface area (TPSA) is 92.9 Å². The normalized spacial score (nSPS) is 24.0. The van der Waals surface area contributed by atoms with Gasteiger partial charge in [-0.15, -0.1) is 0 Å². The zero-order valence-electron chi connectivity index (χ0n) is 11.3. The maximum Gasteiger partial charge on any atom is 0.243 e. The molecular formula is C12H17FN2O4S. The summed E-state index contributed by atoms with van der Waals surface area (Å²) in [4.78, 5) is -0.244. The zero-order valence-corrected chi connectivity index (χ0v) is 12.1. The van der Waals surface area contributed by atoms with Crippen molar-refractivity contribution in [1.82, 2.24) is 4.31 Å². The van der Waals surface area contributed by atoms with Crippen LogP contribution < -0.4 is 10.5 Å². The molecular weight excluding hydrogens is 287 g/mol. The third-order valence-corrected chi connectivity index (χ3v) is 5.13. The predicted octanol–water partition coefficient (Wildman–Crippen LogP) is 0.562. The van der Waals surface area contributed by atoms with Crippen molar-refractivity contribution in [3.05, 3.63) is 17.9 Å². The smallest absolute Gasteiger partial charge is 0.243 e. The number of nitrogens with two attached hydrogens (primary N) is 1. The molecule has 1 unspecified atom stereocenters. The van der Waals surface area contributed by atoms with E-state index in [1.54, 1.807) is 6.92 Å². The van der Waals surface area contributed by atoms with Crippen molar-refractivity contribution in [3.63, 3.8) is 0 Å². The number of rotatable bonds is 3. The predicted molar refractivity (Wildman–Crippen MR) is 71.4 cm³/mol. The van der Waals surface area contributed by atoms with Crippen molar-refractivity contribution in [2.45, 2.75) is 23.8 Å². The lowest BCUT2D eigenvalue weighted by molar-refractivity contribution is 0.0762. The van der Waals surface area contributed by atoms with E-state index in [9.17, 15) is 17.9 Å². The van der Waals surface area contributed by atoms with E-state index < -0.39 is 21.4 Å². The number of benzene rings is 1. The van der Waals surface area contributed by atoms with Gasteiger partial charge >= 0.3 is 0 Å². The minimum Gasteiger partial charge on any atom is -0.492 e. The third-order valence-electron chi connectivity index (χ3n) is 3.30. The molecule has 1 aromatic carbocycles. The summed E-state index contributed by atoms with van der Waals surface area (Å²) in [5.74, 6) is -1.02. The second-order valence-electron chi connectivity index (χ2n) is 5.11. The molecule has 1 fully saturated rings. The molecule has 1 aromatic rings. The molecule has 1 atom stereocenters. The van der Waals surface area contributed by atoms with Crippen molar-refractivity contribution in [2.75, 3.05) is 25.9 Å². The van der Waals surface area contributed by atoms with Gasteiger partial charge < -0.3 is 15.6 Å². The van der Waals surface area contributed by atoms with Gasteiger partial charge in [-0.05, 0) is 25.5 Å². The number of anilines is 1. The van der Waals surface area contributed by atoms with Crippen LogP contribution in [0.4, 0.5) is 10.1 Å². The summed E-state index contributed by atoms with van der Waals surface area (Å²) in [5, 5.41) is 9.84. The number of nitrogens with zero attached hydrogens (tertiary/aromatic N) is 1. The Morgan fingerprint density at radius 1 is 1.50 bits per heavy atom. The van der Waals surface area contributed by atoms with Gasteiger partial charge in [0.2, 0.25) is 10.0 Å². The summed E-state index contributed by atoms with van der Waals surface area (Å²) >= 11 is 0. The van der Waals surface area contributed by atoms with Crippen LogP contribution in [0.1, 0.15) is 13.3 Å². The van der Waals surface area contributed by atoms with Crippen molar-refractivity contribution in [3.8, 4) is 5.75 Å². The summed E-state index contributed by atoms with van der Waals surface area (Å²) in [7, 11) is -2.63. The first kappa shape index (κ1) is 15.0. The van der Waals surface area contributed by atoms with Crippen molar-refractivity contribution >= 4 is 15.7 Å². The molecule has 20 heavy (non-hydrogen) atoms. The average molecular weight is 304 g/mol. The Morgan fingerprint density at radius 3 is 2.60 bits per heavy atom. The van der Waals surface area contributed by atoms with E-state index >= 15 is 0 Å². The fourth-order valence-corrected chi connectivity index (χ4v) is 3.82. The molecule has 0 radical (unpaired) electrons. The Hall–Kier alpha value is -1.38. The van der Waals surface area contributed by atoms with Crippen molar-refractivity contribution in [1.29, 1.82) is 0 Å². The average Bonchev–Trinajstić information content (AvgIpc) is 2.70. The highest BCUT2D eigenvalue weighted by Gasteiger charge is 2.38. The van der Waals surface area contributed by atoms with E-state index in [1.165, 1.54) is 7.11 Å². The monoisotopic (exact) mass is 304 g/mol. The first-order chi connectivity index (χ1) is 9.17. The number of nitrogen functional groups attached to an aromatic ring is 1. The molecule has 1 aliphatic rings. The molecule has 0 aromatic heterocycles. The maximum absolute atomic E-state index is 13.7. The minimum atomic E-state index is -3.88. The van der Waals surface area contributed by atoms with E-state index in [1.807, 2.05) is 0 Å². The molecule has 1 saturated heterocycles. The van der Waals surface area contributed by atoms with Gasteiger partial charge in [-0.1, -0.05) is 0 Å². The summed E-state index contributed by atoms with van der Waals surface area (Å²) in [5.41, 5.74) is 4.43. The number of hydrogen-bond donors (Lipinski definition) is 2. The van der Waals surface area contributed by atoms with Crippen LogP contribution in [0.15, 0.2) is 17.0 Å². The van der Waals surface area contributed by atoms with Gasteiger partial charge in [-0.25, -0.2) is 12.8 Å². The van der Waals surface area contributed by atoms with E-state index in [0.717, 1.165) is 16.4 Å². The Balaban J connectivity index is 2.41. The van der Waals surface area contributed by atoms with Crippen LogP contribution in [0.2, 0.25) is 0 Å². The van der Waals surface area contributed by atoms with Crippen LogP contribution >= 0.6 is 0 Å². The first-order valence-electron chi connectivity index (χ1n) is 6.03. The first-order valence-corrected chi connectivity index (χ1v) is 7.47. The van der Waals surface area contributed by atoms with Gasteiger partial charge in [0.1, 0.15) is 0 Å². The number of halogens is 1. The fraction of sp³-hybridized carbons (Fsp3) is 0.500. The van der Waals surface area contributed by atoms with Crippen LogP contribution in [0.25, 0.3) is 0 Å². The van der Waals surface area contributed by atoms with Gasteiger partial charge in [-0.2, -0.15) is 4.31 Å². The fourth-order valence-electron chi connectivity index (χ4n) is 2.21. The molecule has 6 nitrogen and oxygen atoms in total. The van der Waals surface area contributed by atoms with E-state index in [4.69, 9.17) is 10.5 Å². The molecule has 1 aliphatic heterocycles. The molecule has 0 spiro atoms. The number of ether oxygens (including phenoxy) is 1. The second-order valence-corrected chi connectivity index (χ2v) is 7.05. The molecule has 0 aliphatic carbocycles. The minimum absolute atomic E-state index is 0.0249. The highest BCUT2D eigenvalue weighted by atomic mass is 32.2. The zero-order chi connectivity index (χ0) is 15.1. The second kappa shape index (κ2) is 4.87. The number of β-amino-alcohol motifs (C(OH)–C–C–N with tert-alkyl or cyclic N) is 1. The summed E-state index contributed by atoms with van der Waals surface area (Å²) in [6, 6.07) is 2.03. The number of methoxy groups -OCH3 is 1. The van der Waals surface area contributed by atoms with Crippen molar-refractivity contribution < 1.29 is 22.7 Å². The quantitative estimate of drug-likeness (QED) is 0.796. The van der Waals surface area contributed by atoms with Gasteiger partial charge in [0.05, 0.1) is 23.3 Å². The van der Waals surface area contributed by atoms with Gasteiger partial charge in [-0.3, -0.25) is 0 Å². The molecule has 8 heteroatoms. The molecule has 0 bridgehead atoms. The molecule has 2 rings (SSSR count). The SMILES string of the molecule is COc1c(N)cc(S(=O)(=O)N2CCC(C)(O)C2)cc1F. The Labute approximate surface area is 117 Å². The van der Waals surface area contributed by atoms with Crippen LogP contribution in [0.3, 0.4) is 0 Å². The van der Waals surface area contributed by atoms with Crippen LogP contribution in [-0.2, 0) is 10.0 Å². The highest BCUT2D eigenvalue weighted by Crippen LogP contribution is 2.32. The lowest BCUT2D eigenvalue weighted by Crippen LogP contribution is -2.34. The number of sulfonamides is 1. The van der Waals surface area contributed by atoms with E-state index in [-0.39, 0.29) is 29.4 Å². The molecule has 0 amide bonds. The summed E-state index contributed by atoms with van der Waals surface area (Å²) in [6.45, 7) is 1.72. The Kier molecular flexibility index (Phi) is 3.66. The standard InChI is InChI=1S/C12H17FN2O4S/c1-12(16)3-4-15(7-12)20(17,18)8-5-9(13)11(19-2)10(14)6-8/h5-6,16H,3-4,7,14H2,1-2H3. The Bertz CT molecular complexity index is 607. The lowest BCUT2D eigenvalue weighted by atomic mass is 10.1. The van der Waals surface area contributed by atoms with Gasteiger partial charge in [0, 0.05) is 13.1 Å². The molecule has 112 valence electrons. The number of aliphatic hydroxyl groups is 1. The van der Waals surface area contributed by atoms with Gasteiger partial charge in [0.15, 0.2) is 11.6 Å². The molecule has 0 saturated carbocycles. The largest absolute Gasteiger partial charge is 0.492 e. The maximum atomic E-state index is 13.7. The van der Waals surface area contributed by atoms with Crippen LogP contribution in [0, 0.1) is 5.82 Å².